The molecule has 1 saturated carbocycles. The largest absolute Gasteiger partial charge is 0.434 e. The number of amides is 2. The normalized spacial score (nSPS) is 16.3. The van der Waals surface area contributed by atoms with E-state index in [0.29, 0.717) is 18.7 Å². The molecule has 0 unspecified atom stereocenters. The van der Waals surface area contributed by atoms with Crippen LogP contribution >= 0.6 is 11.6 Å². The molecular formula is C29H28ClF2N9O3. The molecule has 1 aromatic carbocycles. The van der Waals surface area contributed by atoms with E-state index < -0.39 is 12.5 Å². The summed E-state index contributed by atoms with van der Waals surface area (Å²) in [6.45, 7) is -2.23. The van der Waals surface area contributed by atoms with Gasteiger partial charge in [0.05, 0.1) is 18.0 Å². The van der Waals surface area contributed by atoms with Gasteiger partial charge in [0.25, 0.3) is 5.91 Å². The zero-order valence-electron chi connectivity index (χ0n) is 23.7. The molecule has 44 heavy (non-hydrogen) atoms. The molecule has 1 aliphatic heterocycles. The fraction of sp³-hybridized carbons (Fsp3) is 0.379. The number of halogens is 3. The average Bonchev–Trinajstić information content (AvgIpc) is 3.55. The minimum absolute atomic E-state index is 0.0836. The van der Waals surface area contributed by atoms with Crippen molar-refractivity contribution in [2.75, 3.05) is 25.5 Å². The number of carbonyl (C=O) groups is 2. The van der Waals surface area contributed by atoms with Gasteiger partial charge in [0.1, 0.15) is 29.1 Å². The van der Waals surface area contributed by atoms with Crippen LogP contribution in [0.2, 0.25) is 5.02 Å². The van der Waals surface area contributed by atoms with Crippen molar-refractivity contribution in [1.82, 2.24) is 34.2 Å². The van der Waals surface area contributed by atoms with Gasteiger partial charge in [-0.15, -0.1) is 0 Å². The van der Waals surface area contributed by atoms with Gasteiger partial charge in [0.2, 0.25) is 5.91 Å². The lowest BCUT2D eigenvalue weighted by Gasteiger charge is -2.38. The standard InChI is InChI=1S/C29H28ClF2N9O3/c1-38(29(17-33)7-8-29)19-5-11-39(12-6-19)24(42)16-40-15-22(36-27(43)21-14-35-41-10-2-9-34-26(21)41)25(37-40)20-13-18(30)3-4-23(20)44-28(31)32/h2-4,9-10,13-15,19,28H,5-8,11-12,16H2,1H3,(H,36,43). The second kappa shape index (κ2) is 11.8. The predicted octanol–water partition coefficient (Wildman–Crippen LogP) is 4.08. The molecular weight excluding hydrogens is 596 g/mol. The second-order valence-electron chi connectivity index (χ2n) is 10.9. The van der Waals surface area contributed by atoms with E-state index in [4.69, 9.17) is 16.3 Å². The van der Waals surface area contributed by atoms with E-state index in [1.165, 1.54) is 46.0 Å². The van der Waals surface area contributed by atoms with Crippen molar-refractivity contribution in [3.63, 3.8) is 0 Å². The summed E-state index contributed by atoms with van der Waals surface area (Å²) >= 11 is 6.21. The zero-order chi connectivity index (χ0) is 31.0. The Balaban J connectivity index is 1.25. The first-order valence-electron chi connectivity index (χ1n) is 14.0. The lowest BCUT2D eigenvalue weighted by molar-refractivity contribution is -0.133. The molecule has 4 aromatic rings. The number of hydrogen-bond acceptors (Lipinski definition) is 8. The molecule has 2 fully saturated rings. The maximum atomic E-state index is 13.3. The number of anilines is 1. The number of fused-ring (bicyclic) bond motifs is 1. The highest BCUT2D eigenvalue weighted by atomic mass is 35.5. The Hall–Kier alpha value is -4.61. The van der Waals surface area contributed by atoms with E-state index in [0.717, 1.165) is 25.7 Å². The van der Waals surface area contributed by atoms with Crippen molar-refractivity contribution in [3.8, 4) is 23.1 Å². The zero-order valence-corrected chi connectivity index (χ0v) is 24.4. The molecule has 3 aromatic heterocycles. The summed E-state index contributed by atoms with van der Waals surface area (Å²) in [5.41, 5.74) is 0.442. The first kappa shape index (κ1) is 29.5. The summed E-state index contributed by atoms with van der Waals surface area (Å²) < 4.78 is 34.1. The van der Waals surface area contributed by atoms with Crippen LogP contribution in [-0.2, 0) is 11.3 Å². The lowest BCUT2D eigenvalue weighted by Crippen LogP contribution is -2.49. The number of aromatic nitrogens is 5. The van der Waals surface area contributed by atoms with Gasteiger partial charge in [0.15, 0.2) is 5.65 Å². The number of carbonyl (C=O) groups excluding carboxylic acids is 2. The predicted molar refractivity (Wildman–Crippen MR) is 155 cm³/mol. The summed E-state index contributed by atoms with van der Waals surface area (Å²) in [6.07, 6.45) is 9.19. The molecule has 1 N–H and O–H groups in total. The Bertz CT molecular complexity index is 1760. The molecule has 6 rings (SSSR count). The smallest absolute Gasteiger partial charge is 0.387 e. The Morgan fingerprint density at radius 2 is 2.07 bits per heavy atom. The van der Waals surface area contributed by atoms with E-state index >= 15 is 0 Å². The van der Waals surface area contributed by atoms with Crippen molar-refractivity contribution < 1.29 is 23.1 Å². The Labute approximate surface area is 255 Å². The van der Waals surface area contributed by atoms with E-state index in [1.807, 2.05) is 7.05 Å². The number of ether oxygens (including phenoxy) is 1. The van der Waals surface area contributed by atoms with Crippen LogP contribution in [0.25, 0.3) is 16.9 Å². The quantitative estimate of drug-likeness (QED) is 0.295. The van der Waals surface area contributed by atoms with Gasteiger partial charge in [-0.2, -0.15) is 24.2 Å². The number of nitrogens with zero attached hydrogens (tertiary/aromatic N) is 8. The van der Waals surface area contributed by atoms with Crippen LogP contribution in [0.5, 0.6) is 5.75 Å². The van der Waals surface area contributed by atoms with Gasteiger partial charge in [-0.3, -0.25) is 19.2 Å². The molecule has 0 spiro atoms. The van der Waals surface area contributed by atoms with Gasteiger partial charge < -0.3 is 15.0 Å². The number of benzene rings is 1. The van der Waals surface area contributed by atoms with Crippen molar-refractivity contribution in [2.24, 2.45) is 0 Å². The molecule has 0 bridgehead atoms. The van der Waals surface area contributed by atoms with E-state index in [-0.39, 0.29) is 57.3 Å². The van der Waals surface area contributed by atoms with Gasteiger partial charge in [0, 0.05) is 48.3 Å². The van der Waals surface area contributed by atoms with Crippen molar-refractivity contribution in [1.29, 1.82) is 5.26 Å². The van der Waals surface area contributed by atoms with Crippen LogP contribution in [-0.4, -0.2) is 84.3 Å². The van der Waals surface area contributed by atoms with Crippen molar-refractivity contribution in [2.45, 2.75) is 50.4 Å². The maximum Gasteiger partial charge on any atom is 0.387 e. The third-order valence-electron chi connectivity index (χ3n) is 8.22. The second-order valence-corrected chi connectivity index (χ2v) is 11.3. The molecule has 15 heteroatoms. The third kappa shape index (κ3) is 5.80. The molecule has 12 nitrogen and oxygen atoms in total. The van der Waals surface area contributed by atoms with Gasteiger partial charge in [-0.1, -0.05) is 11.6 Å². The SMILES string of the molecule is CN(C1CCN(C(=O)Cn2cc(NC(=O)c3cnn4cccnc34)c(-c3cc(Cl)ccc3OC(F)F)n2)CC1)C1(C#N)CC1. The Kier molecular flexibility index (Phi) is 7.91. The average molecular weight is 624 g/mol. The van der Waals surface area contributed by atoms with Crippen molar-refractivity contribution >= 4 is 34.7 Å². The van der Waals surface area contributed by atoms with Crippen LogP contribution in [0.1, 0.15) is 36.0 Å². The molecule has 228 valence electrons. The third-order valence-corrected chi connectivity index (χ3v) is 8.45. The first-order valence-corrected chi connectivity index (χ1v) is 14.4. The molecule has 2 aliphatic rings. The number of rotatable bonds is 9. The Morgan fingerprint density at radius 1 is 1.30 bits per heavy atom. The maximum absolute atomic E-state index is 13.3. The molecule has 4 heterocycles. The topological polar surface area (TPSA) is 134 Å². The highest BCUT2D eigenvalue weighted by Crippen LogP contribution is 2.42. The fourth-order valence-electron chi connectivity index (χ4n) is 5.61. The summed E-state index contributed by atoms with van der Waals surface area (Å²) in [4.78, 5) is 34.8. The number of likely N-dealkylation sites (tertiary alicyclic amines) is 1. The summed E-state index contributed by atoms with van der Waals surface area (Å²) in [5.74, 6) is -0.964. The highest BCUT2D eigenvalue weighted by Gasteiger charge is 2.49. The van der Waals surface area contributed by atoms with Crippen LogP contribution < -0.4 is 10.1 Å². The lowest BCUT2D eigenvalue weighted by atomic mass is 10.0. The molecule has 0 atom stereocenters. The molecule has 1 aliphatic carbocycles. The fourth-order valence-corrected chi connectivity index (χ4v) is 5.78. The van der Waals surface area contributed by atoms with Crippen LogP contribution in [0.15, 0.2) is 49.1 Å². The number of nitrogens with one attached hydrogen (secondary N) is 1. The molecule has 2 amide bonds. The van der Waals surface area contributed by atoms with Crippen LogP contribution in [0.3, 0.4) is 0 Å². The highest BCUT2D eigenvalue weighted by molar-refractivity contribution is 6.31. The minimum atomic E-state index is -3.12. The van der Waals surface area contributed by atoms with Crippen LogP contribution in [0, 0.1) is 11.3 Å². The summed E-state index contributed by atoms with van der Waals surface area (Å²) in [7, 11) is 1.98. The molecule has 1 saturated heterocycles. The number of piperidine rings is 1. The Morgan fingerprint density at radius 3 is 2.77 bits per heavy atom. The number of alkyl halides is 2. The summed E-state index contributed by atoms with van der Waals surface area (Å²) in [5, 5.41) is 21.2. The van der Waals surface area contributed by atoms with Gasteiger partial charge in [-0.05, 0) is 57.0 Å². The monoisotopic (exact) mass is 623 g/mol. The van der Waals surface area contributed by atoms with Gasteiger partial charge >= 0.3 is 6.61 Å². The van der Waals surface area contributed by atoms with E-state index in [2.05, 4.69) is 31.5 Å². The first-order chi connectivity index (χ1) is 21.2. The van der Waals surface area contributed by atoms with E-state index in [9.17, 15) is 23.6 Å². The summed E-state index contributed by atoms with van der Waals surface area (Å²) in [6, 6.07) is 8.39. The van der Waals surface area contributed by atoms with Crippen molar-refractivity contribution in [3.05, 3.63) is 59.6 Å². The minimum Gasteiger partial charge on any atom is -0.434 e. The number of hydrogen-bond donors (Lipinski definition) is 1. The van der Waals surface area contributed by atoms with Crippen LogP contribution in [0.4, 0.5) is 14.5 Å². The number of nitriles is 1. The van der Waals surface area contributed by atoms with Gasteiger partial charge in [-0.25, -0.2) is 9.50 Å². The molecule has 0 radical (unpaired) electrons. The van der Waals surface area contributed by atoms with E-state index in [1.54, 1.807) is 17.2 Å².